The number of nitrogens with zero attached hydrogens (tertiary/aromatic N) is 1. The maximum atomic E-state index is 5.22. The average Bonchev–Trinajstić information content (AvgIpc) is 2.45. The third kappa shape index (κ3) is 1.46. The molecule has 12 heavy (non-hydrogen) atoms. The van der Waals surface area contributed by atoms with E-state index in [2.05, 4.69) is 0 Å². The van der Waals surface area contributed by atoms with Gasteiger partial charge < -0.3 is 14.0 Å². The molecule has 1 rings (SSSR count). The van der Waals surface area contributed by atoms with Gasteiger partial charge in [-0.1, -0.05) is 0 Å². The molecule has 0 radical (unpaired) electrons. The summed E-state index contributed by atoms with van der Waals surface area (Å²) in [6.07, 6.45) is 2.05. The van der Waals surface area contributed by atoms with Crippen LogP contribution in [0.2, 0.25) is 0 Å². The Labute approximate surface area is 72.9 Å². The molecule has 0 spiro atoms. The molecular formula is C9H15NO2. The molecular weight excluding hydrogens is 154 g/mol. The lowest BCUT2D eigenvalue weighted by Crippen LogP contribution is -1.99. The molecule has 0 aliphatic rings. The lowest BCUT2D eigenvalue weighted by molar-refractivity contribution is 0.116. The highest BCUT2D eigenvalue weighted by Gasteiger charge is 2.12. The van der Waals surface area contributed by atoms with Gasteiger partial charge in [0.1, 0.15) is 0 Å². The van der Waals surface area contributed by atoms with E-state index in [0.29, 0.717) is 0 Å². The van der Waals surface area contributed by atoms with Crippen LogP contribution in [-0.2, 0) is 11.8 Å². The van der Waals surface area contributed by atoms with Gasteiger partial charge in [0.05, 0.1) is 13.2 Å². The summed E-state index contributed by atoms with van der Waals surface area (Å²) in [5.41, 5.74) is 1.09. The maximum Gasteiger partial charge on any atom is 0.198 e. The molecule has 0 amide bonds. The summed E-state index contributed by atoms with van der Waals surface area (Å²) in [6.45, 7) is 2.00. The quantitative estimate of drug-likeness (QED) is 0.688. The first kappa shape index (κ1) is 9.13. The minimum Gasteiger partial charge on any atom is -0.482 e. The standard InChI is InChI=1S/C9H15NO2/c1-7(11-3)8-5-6-10(2)9(8)12-4/h5-7H,1-4H3/t7-/m0/s1. The van der Waals surface area contributed by atoms with Gasteiger partial charge in [0.15, 0.2) is 5.88 Å². The molecule has 1 atom stereocenters. The molecule has 0 unspecified atom stereocenters. The van der Waals surface area contributed by atoms with Crippen molar-refractivity contribution >= 4 is 0 Å². The second-order valence-corrected chi connectivity index (χ2v) is 2.77. The molecule has 3 heteroatoms. The Morgan fingerprint density at radius 2 is 2.08 bits per heavy atom. The van der Waals surface area contributed by atoms with E-state index < -0.39 is 0 Å². The summed E-state index contributed by atoms with van der Waals surface area (Å²) in [5, 5.41) is 0. The Kier molecular flexibility index (Phi) is 2.76. The second-order valence-electron chi connectivity index (χ2n) is 2.77. The first-order chi connectivity index (χ1) is 5.70. The van der Waals surface area contributed by atoms with Gasteiger partial charge in [0.2, 0.25) is 0 Å². The minimum atomic E-state index is 0.0844. The van der Waals surface area contributed by atoms with E-state index in [1.807, 2.05) is 30.8 Å². The van der Waals surface area contributed by atoms with Gasteiger partial charge in [0.25, 0.3) is 0 Å². The second kappa shape index (κ2) is 3.63. The largest absolute Gasteiger partial charge is 0.482 e. The Hall–Kier alpha value is -0.960. The van der Waals surface area contributed by atoms with Crippen LogP contribution in [0.25, 0.3) is 0 Å². The van der Waals surface area contributed by atoms with E-state index >= 15 is 0 Å². The Bertz CT molecular complexity index is 255. The Morgan fingerprint density at radius 1 is 1.42 bits per heavy atom. The van der Waals surface area contributed by atoms with Crippen LogP contribution in [0.4, 0.5) is 0 Å². The molecule has 1 aromatic heterocycles. The molecule has 1 aromatic rings. The SMILES string of the molecule is COc1c([C@H](C)OC)ccn1C. The lowest BCUT2D eigenvalue weighted by Gasteiger charge is -2.10. The number of ether oxygens (including phenoxy) is 2. The van der Waals surface area contributed by atoms with E-state index in [1.54, 1.807) is 14.2 Å². The van der Waals surface area contributed by atoms with Crippen LogP contribution in [0.15, 0.2) is 12.3 Å². The highest BCUT2D eigenvalue weighted by atomic mass is 16.5. The van der Waals surface area contributed by atoms with E-state index in [4.69, 9.17) is 9.47 Å². The molecule has 0 saturated heterocycles. The number of methoxy groups -OCH3 is 2. The van der Waals surface area contributed by atoms with Gasteiger partial charge in [0, 0.05) is 25.9 Å². The molecule has 0 fully saturated rings. The normalized spacial score (nSPS) is 13.0. The van der Waals surface area contributed by atoms with Crippen molar-refractivity contribution in [2.45, 2.75) is 13.0 Å². The molecule has 1 heterocycles. The molecule has 0 bridgehead atoms. The number of aromatic nitrogens is 1. The summed E-state index contributed by atoms with van der Waals surface area (Å²) < 4.78 is 12.4. The van der Waals surface area contributed by atoms with Crippen molar-refractivity contribution in [1.82, 2.24) is 4.57 Å². The Morgan fingerprint density at radius 3 is 2.58 bits per heavy atom. The monoisotopic (exact) mass is 169 g/mol. The van der Waals surface area contributed by atoms with Crippen LogP contribution in [0.1, 0.15) is 18.6 Å². The molecule has 0 aliphatic carbocycles. The number of rotatable bonds is 3. The molecule has 0 aromatic carbocycles. The summed E-state index contributed by atoms with van der Waals surface area (Å²) in [6, 6.07) is 2.01. The lowest BCUT2D eigenvalue weighted by atomic mass is 10.2. The van der Waals surface area contributed by atoms with Gasteiger partial charge >= 0.3 is 0 Å². The third-order valence-corrected chi connectivity index (χ3v) is 2.03. The van der Waals surface area contributed by atoms with Crippen molar-refractivity contribution in [3.05, 3.63) is 17.8 Å². The van der Waals surface area contributed by atoms with Crippen LogP contribution in [0, 0.1) is 0 Å². The first-order valence-electron chi connectivity index (χ1n) is 3.92. The fraction of sp³-hybridized carbons (Fsp3) is 0.556. The van der Waals surface area contributed by atoms with E-state index in [-0.39, 0.29) is 6.10 Å². The highest BCUT2D eigenvalue weighted by molar-refractivity contribution is 5.30. The summed E-state index contributed by atoms with van der Waals surface area (Å²) in [4.78, 5) is 0. The van der Waals surface area contributed by atoms with Crippen LogP contribution >= 0.6 is 0 Å². The van der Waals surface area contributed by atoms with Gasteiger partial charge in [-0.2, -0.15) is 0 Å². The van der Waals surface area contributed by atoms with Crippen molar-refractivity contribution in [1.29, 1.82) is 0 Å². The number of hydrogen-bond acceptors (Lipinski definition) is 2. The van der Waals surface area contributed by atoms with Gasteiger partial charge in [-0.05, 0) is 13.0 Å². The van der Waals surface area contributed by atoms with Crippen molar-refractivity contribution in [2.75, 3.05) is 14.2 Å². The van der Waals surface area contributed by atoms with Crippen molar-refractivity contribution in [3.63, 3.8) is 0 Å². The van der Waals surface area contributed by atoms with E-state index in [9.17, 15) is 0 Å². The molecule has 0 N–H and O–H groups in total. The zero-order valence-electron chi connectivity index (χ0n) is 8.00. The zero-order chi connectivity index (χ0) is 9.14. The summed E-state index contributed by atoms with van der Waals surface area (Å²) >= 11 is 0. The van der Waals surface area contributed by atoms with Crippen LogP contribution < -0.4 is 4.74 Å². The fourth-order valence-corrected chi connectivity index (χ4v) is 1.23. The topological polar surface area (TPSA) is 23.4 Å². The summed E-state index contributed by atoms with van der Waals surface area (Å²) in [5.74, 6) is 0.865. The first-order valence-corrected chi connectivity index (χ1v) is 3.92. The predicted octanol–water partition coefficient (Wildman–Crippen LogP) is 1.74. The molecule has 68 valence electrons. The molecule has 3 nitrogen and oxygen atoms in total. The average molecular weight is 169 g/mol. The van der Waals surface area contributed by atoms with Crippen molar-refractivity contribution in [3.8, 4) is 5.88 Å². The van der Waals surface area contributed by atoms with E-state index in [0.717, 1.165) is 11.4 Å². The zero-order valence-corrected chi connectivity index (χ0v) is 8.00. The third-order valence-electron chi connectivity index (χ3n) is 2.03. The van der Waals surface area contributed by atoms with Gasteiger partial charge in [-0.3, -0.25) is 0 Å². The Balaban J connectivity index is 2.98. The van der Waals surface area contributed by atoms with Gasteiger partial charge in [-0.15, -0.1) is 0 Å². The molecule has 0 saturated carbocycles. The van der Waals surface area contributed by atoms with Crippen LogP contribution in [0.3, 0.4) is 0 Å². The van der Waals surface area contributed by atoms with Crippen molar-refractivity contribution in [2.24, 2.45) is 7.05 Å². The highest BCUT2D eigenvalue weighted by Crippen LogP contribution is 2.26. The fourth-order valence-electron chi connectivity index (χ4n) is 1.23. The maximum absolute atomic E-state index is 5.22. The van der Waals surface area contributed by atoms with E-state index in [1.165, 1.54) is 0 Å². The predicted molar refractivity (Wildman–Crippen MR) is 47.4 cm³/mol. The van der Waals surface area contributed by atoms with Crippen LogP contribution in [0.5, 0.6) is 5.88 Å². The molecule has 0 aliphatic heterocycles. The van der Waals surface area contributed by atoms with Crippen LogP contribution in [-0.4, -0.2) is 18.8 Å². The van der Waals surface area contributed by atoms with Gasteiger partial charge in [-0.25, -0.2) is 0 Å². The summed E-state index contributed by atoms with van der Waals surface area (Å²) in [7, 11) is 5.31. The minimum absolute atomic E-state index is 0.0844. The smallest absolute Gasteiger partial charge is 0.198 e. The van der Waals surface area contributed by atoms with Crippen molar-refractivity contribution < 1.29 is 9.47 Å². The number of aryl methyl sites for hydroxylation is 1. The number of hydrogen-bond donors (Lipinski definition) is 0.